The van der Waals surface area contributed by atoms with Gasteiger partial charge in [-0.1, -0.05) is 6.92 Å². The molecule has 1 unspecified atom stereocenters. The van der Waals surface area contributed by atoms with E-state index in [0.717, 1.165) is 0 Å². The molecule has 0 saturated heterocycles. The summed E-state index contributed by atoms with van der Waals surface area (Å²) in [6.07, 6.45) is 3.71. The van der Waals surface area contributed by atoms with Crippen molar-refractivity contribution in [1.29, 1.82) is 0 Å². The smallest absolute Gasteiger partial charge is 0.311 e. The van der Waals surface area contributed by atoms with Crippen LogP contribution >= 0.6 is 0 Å². The predicted octanol–water partition coefficient (Wildman–Crippen LogP) is 1.36. The average Bonchev–Trinajstić information content (AvgIpc) is 2.09. The zero-order valence-electron chi connectivity index (χ0n) is 7.69. The second kappa shape index (κ2) is 3.98. The molecule has 1 aromatic heterocycles. The molecule has 4 nitrogen and oxygen atoms in total. The molecule has 70 valence electrons. The highest BCUT2D eigenvalue weighted by atomic mass is 16.4. The lowest BCUT2D eigenvalue weighted by atomic mass is 10.00. The number of carboxylic acids is 1. The molecule has 0 aliphatic heterocycles. The lowest BCUT2D eigenvalue weighted by Gasteiger charge is -2.08. The zero-order chi connectivity index (χ0) is 9.84. The summed E-state index contributed by atoms with van der Waals surface area (Å²) in [4.78, 5) is 18.7. The summed E-state index contributed by atoms with van der Waals surface area (Å²) in [5.41, 5.74) is 0.667. The van der Waals surface area contributed by atoms with E-state index in [1.165, 1.54) is 0 Å². The highest BCUT2D eigenvalue weighted by Crippen LogP contribution is 2.17. The van der Waals surface area contributed by atoms with E-state index < -0.39 is 11.9 Å². The maximum Gasteiger partial charge on any atom is 0.311 e. The molecule has 1 heterocycles. The molecular formula is C9H12N2O2. The number of hydrogen-bond donors (Lipinski definition) is 1. The van der Waals surface area contributed by atoms with Gasteiger partial charge in [0.1, 0.15) is 5.82 Å². The second-order valence-corrected chi connectivity index (χ2v) is 2.86. The van der Waals surface area contributed by atoms with Gasteiger partial charge in [-0.3, -0.25) is 4.79 Å². The second-order valence-electron chi connectivity index (χ2n) is 2.86. The molecule has 4 heteroatoms. The van der Waals surface area contributed by atoms with Crippen LogP contribution in [0.5, 0.6) is 0 Å². The highest BCUT2D eigenvalue weighted by molar-refractivity contribution is 5.75. The first kappa shape index (κ1) is 9.64. The third-order valence-corrected chi connectivity index (χ3v) is 1.91. The number of carbonyl (C=O) groups is 1. The van der Waals surface area contributed by atoms with Crippen molar-refractivity contribution in [3.63, 3.8) is 0 Å². The first-order chi connectivity index (χ1) is 6.15. The van der Waals surface area contributed by atoms with Crippen LogP contribution in [-0.2, 0) is 4.79 Å². The van der Waals surface area contributed by atoms with E-state index >= 15 is 0 Å². The largest absolute Gasteiger partial charge is 0.481 e. The van der Waals surface area contributed by atoms with Gasteiger partial charge < -0.3 is 5.11 Å². The van der Waals surface area contributed by atoms with Crippen LogP contribution in [0.25, 0.3) is 0 Å². The average molecular weight is 180 g/mol. The number of aromatic nitrogens is 2. The lowest BCUT2D eigenvalue weighted by Crippen LogP contribution is -2.11. The van der Waals surface area contributed by atoms with Gasteiger partial charge in [0.25, 0.3) is 0 Å². The molecule has 0 aromatic carbocycles. The molecule has 13 heavy (non-hydrogen) atoms. The molecule has 0 bridgehead atoms. The van der Waals surface area contributed by atoms with Gasteiger partial charge in [0.05, 0.1) is 5.92 Å². The topological polar surface area (TPSA) is 63.1 Å². The Kier molecular flexibility index (Phi) is 2.95. The fourth-order valence-corrected chi connectivity index (χ4v) is 1.14. The summed E-state index contributed by atoms with van der Waals surface area (Å²) >= 11 is 0. The van der Waals surface area contributed by atoms with Crippen LogP contribution in [0.2, 0.25) is 0 Å². The van der Waals surface area contributed by atoms with E-state index in [0.29, 0.717) is 17.8 Å². The summed E-state index contributed by atoms with van der Waals surface area (Å²) in [5.74, 6) is -0.653. The third-order valence-electron chi connectivity index (χ3n) is 1.91. The SMILES string of the molecule is CCC(C(=O)O)c1cnc(C)nc1. The Hall–Kier alpha value is -1.45. The summed E-state index contributed by atoms with van der Waals surface area (Å²) < 4.78 is 0. The Morgan fingerprint density at radius 1 is 1.54 bits per heavy atom. The first-order valence-electron chi connectivity index (χ1n) is 4.16. The maximum atomic E-state index is 10.8. The molecule has 0 amide bonds. The summed E-state index contributed by atoms with van der Waals surface area (Å²) in [6.45, 7) is 3.60. The van der Waals surface area contributed by atoms with Crippen LogP contribution in [0.15, 0.2) is 12.4 Å². The summed E-state index contributed by atoms with van der Waals surface area (Å²) in [7, 11) is 0. The van der Waals surface area contributed by atoms with Gasteiger partial charge in [0.2, 0.25) is 0 Å². The minimum absolute atomic E-state index is 0.486. The van der Waals surface area contributed by atoms with Crippen molar-refractivity contribution in [2.45, 2.75) is 26.2 Å². The number of hydrogen-bond acceptors (Lipinski definition) is 3. The number of nitrogens with zero attached hydrogens (tertiary/aromatic N) is 2. The van der Waals surface area contributed by atoms with Gasteiger partial charge in [0, 0.05) is 18.0 Å². The van der Waals surface area contributed by atoms with E-state index in [9.17, 15) is 4.79 Å². The fourth-order valence-electron chi connectivity index (χ4n) is 1.14. The van der Waals surface area contributed by atoms with Crippen molar-refractivity contribution >= 4 is 5.97 Å². The Labute approximate surface area is 76.7 Å². The predicted molar refractivity (Wildman–Crippen MR) is 47.4 cm³/mol. The molecule has 1 aromatic rings. The maximum absolute atomic E-state index is 10.8. The number of aliphatic carboxylic acids is 1. The molecule has 1 N–H and O–H groups in total. The number of rotatable bonds is 3. The van der Waals surface area contributed by atoms with Crippen molar-refractivity contribution in [2.75, 3.05) is 0 Å². The molecular weight excluding hydrogens is 168 g/mol. The normalized spacial score (nSPS) is 12.5. The number of aryl methyl sites for hydroxylation is 1. The minimum Gasteiger partial charge on any atom is -0.481 e. The summed E-state index contributed by atoms with van der Waals surface area (Å²) in [5, 5.41) is 8.84. The van der Waals surface area contributed by atoms with E-state index in [-0.39, 0.29) is 0 Å². The van der Waals surface area contributed by atoms with Crippen molar-refractivity contribution in [2.24, 2.45) is 0 Å². The van der Waals surface area contributed by atoms with Gasteiger partial charge in [-0.2, -0.15) is 0 Å². The monoisotopic (exact) mass is 180 g/mol. The number of carboxylic acid groups (broad SMARTS) is 1. The Bertz CT molecular complexity index is 295. The molecule has 0 fully saturated rings. The Balaban J connectivity index is 2.92. The van der Waals surface area contributed by atoms with E-state index in [4.69, 9.17) is 5.11 Å². The van der Waals surface area contributed by atoms with Gasteiger partial charge in [0.15, 0.2) is 0 Å². The van der Waals surface area contributed by atoms with E-state index in [1.807, 2.05) is 6.92 Å². The standard InChI is InChI=1S/C9H12N2O2/c1-3-8(9(12)13)7-4-10-6(2)11-5-7/h4-5,8H,3H2,1-2H3,(H,12,13). The van der Waals surface area contributed by atoms with Crippen LogP contribution in [0.4, 0.5) is 0 Å². The van der Waals surface area contributed by atoms with Gasteiger partial charge in [-0.05, 0) is 13.3 Å². The van der Waals surface area contributed by atoms with Gasteiger partial charge in [-0.15, -0.1) is 0 Å². The first-order valence-corrected chi connectivity index (χ1v) is 4.16. The van der Waals surface area contributed by atoms with Crippen molar-refractivity contribution in [3.8, 4) is 0 Å². The van der Waals surface area contributed by atoms with Gasteiger partial charge in [-0.25, -0.2) is 9.97 Å². The van der Waals surface area contributed by atoms with E-state index in [2.05, 4.69) is 9.97 Å². The quantitative estimate of drug-likeness (QED) is 0.762. The van der Waals surface area contributed by atoms with Crippen LogP contribution in [0.1, 0.15) is 30.7 Å². The Morgan fingerprint density at radius 2 is 2.08 bits per heavy atom. The molecule has 1 rings (SSSR count). The van der Waals surface area contributed by atoms with Crippen molar-refractivity contribution in [3.05, 3.63) is 23.8 Å². The van der Waals surface area contributed by atoms with Crippen LogP contribution in [0.3, 0.4) is 0 Å². The summed E-state index contributed by atoms with van der Waals surface area (Å²) in [6, 6.07) is 0. The van der Waals surface area contributed by atoms with Crippen LogP contribution < -0.4 is 0 Å². The molecule has 0 aliphatic rings. The van der Waals surface area contributed by atoms with Crippen molar-refractivity contribution < 1.29 is 9.90 Å². The molecule has 1 atom stereocenters. The highest BCUT2D eigenvalue weighted by Gasteiger charge is 2.17. The van der Waals surface area contributed by atoms with Crippen LogP contribution in [0, 0.1) is 6.92 Å². The fraction of sp³-hybridized carbons (Fsp3) is 0.444. The van der Waals surface area contributed by atoms with E-state index in [1.54, 1.807) is 19.3 Å². The third kappa shape index (κ3) is 2.24. The lowest BCUT2D eigenvalue weighted by molar-refractivity contribution is -0.138. The Morgan fingerprint density at radius 3 is 2.46 bits per heavy atom. The van der Waals surface area contributed by atoms with Crippen LogP contribution in [-0.4, -0.2) is 21.0 Å². The van der Waals surface area contributed by atoms with Gasteiger partial charge >= 0.3 is 5.97 Å². The molecule has 0 spiro atoms. The van der Waals surface area contributed by atoms with Crippen molar-refractivity contribution in [1.82, 2.24) is 9.97 Å². The molecule has 0 saturated carbocycles. The molecule has 0 aliphatic carbocycles. The minimum atomic E-state index is -0.824. The zero-order valence-corrected chi connectivity index (χ0v) is 7.69. The molecule has 0 radical (unpaired) electrons.